The second kappa shape index (κ2) is 5.37. The Morgan fingerprint density at radius 2 is 2.14 bits per heavy atom. The number of ether oxygens (including phenoxy) is 1. The van der Waals surface area contributed by atoms with E-state index in [1.165, 1.54) is 0 Å². The second-order valence-corrected chi connectivity index (χ2v) is 5.67. The van der Waals surface area contributed by atoms with Crippen molar-refractivity contribution in [3.05, 3.63) is 40.9 Å². The third-order valence-electron chi connectivity index (χ3n) is 3.38. The van der Waals surface area contributed by atoms with Crippen molar-refractivity contribution in [1.82, 2.24) is 19.3 Å². The minimum absolute atomic E-state index is 0.123. The summed E-state index contributed by atoms with van der Waals surface area (Å²) in [6, 6.07) is 7.99. The molecule has 0 saturated heterocycles. The molecule has 0 aliphatic carbocycles. The number of fused-ring (bicyclic) bond motifs is 1. The average molecular weight is 302 g/mol. The number of aryl methyl sites for hydroxylation is 1. The molecule has 0 spiro atoms. The van der Waals surface area contributed by atoms with Crippen molar-refractivity contribution in [3.8, 4) is 5.75 Å². The lowest BCUT2D eigenvalue weighted by Gasteiger charge is -2.10. The zero-order chi connectivity index (χ0) is 15.0. The molecule has 3 rings (SSSR count). The van der Waals surface area contributed by atoms with Crippen LogP contribution >= 0.6 is 12.2 Å². The van der Waals surface area contributed by atoms with Crippen LogP contribution in [0.4, 0.5) is 0 Å². The van der Waals surface area contributed by atoms with Crippen molar-refractivity contribution in [2.75, 3.05) is 0 Å². The Morgan fingerprint density at radius 3 is 2.81 bits per heavy atom. The van der Waals surface area contributed by atoms with Gasteiger partial charge in [-0.15, -0.1) is 0 Å². The Morgan fingerprint density at radius 1 is 1.33 bits per heavy atom. The van der Waals surface area contributed by atoms with Gasteiger partial charge in [-0.2, -0.15) is 5.10 Å². The number of aromatic nitrogens is 4. The van der Waals surface area contributed by atoms with E-state index >= 15 is 0 Å². The lowest BCUT2D eigenvalue weighted by Crippen LogP contribution is -2.06. The van der Waals surface area contributed by atoms with Gasteiger partial charge in [0.15, 0.2) is 4.77 Å². The van der Waals surface area contributed by atoms with Gasteiger partial charge < -0.3 is 14.3 Å². The first-order valence-corrected chi connectivity index (χ1v) is 7.32. The van der Waals surface area contributed by atoms with Crippen molar-refractivity contribution in [2.45, 2.75) is 26.5 Å². The Kier molecular flexibility index (Phi) is 3.55. The molecular weight excluding hydrogens is 284 g/mol. The second-order valence-electron chi connectivity index (χ2n) is 5.28. The average Bonchev–Trinajstić information content (AvgIpc) is 2.96. The van der Waals surface area contributed by atoms with Crippen LogP contribution < -0.4 is 4.74 Å². The Bertz CT molecular complexity index is 828. The molecule has 5 nitrogen and oxygen atoms in total. The molecule has 0 unspecified atom stereocenters. The van der Waals surface area contributed by atoms with E-state index in [0.717, 1.165) is 22.5 Å². The minimum atomic E-state index is 0.123. The number of hydrogen-bond donors (Lipinski definition) is 1. The molecule has 0 aliphatic rings. The zero-order valence-electron chi connectivity index (χ0n) is 12.3. The van der Waals surface area contributed by atoms with Crippen LogP contribution in [0.15, 0.2) is 30.5 Å². The van der Waals surface area contributed by atoms with Gasteiger partial charge >= 0.3 is 0 Å². The van der Waals surface area contributed by atoms with Crippen LogP contribution in [0.3, 0.4) is 0 Å². The summed E-state index contributed by atoms with van der Waals surface area (Å²) < 4.78 is 10.5. The SMILES string of the molecule is CC(C)Oc1cccc2c1[nH]c(=S)n2Cc1ccnn1C. The predicted octanol–water partition coefficient (Wildman–Crippen LogP) is 3.27. The molecule has 0 saturated carbocycles. The molecule has 3 aromatic rings. The highest BCUT2D eigenvalue weighted by atomic mass is 32.1. The molecule has 2 aromatic heterocycles. The predicted molar refractivity (Wildman–Crippen MR) is 85.2 cm³/mol. The monoisotopic (exact) mass is 302 g/mol. The van der Waals surface area contributed by atoms with Crippen LogP contribution in [-0.4, -0.2) is 25.4 Å². The normalized spacial score (nSPS) is 11.4. The van der Waals surface area contributed by atoms with Crippen LogP contribution in [-0.2, 0) is 13.6 Å². The molecular formula is C15H18N4OS. The molecule has 1 N–H and O–H groups in total. The lowest BCUT2D eigenvalue weighted by molar-refractivity contribution is 0.245. The molecule has 6 heteroatoms. The van der Waals surface area contributed by atoms with Gasteiger partial charge in [-0.25, -0.2) is 0 Å². The Balaban J connectivity index is 2.10. The van der Waals surface area contributed by atoms with Crippen molar-refractivity contribution in [3.63, 3.8) is 0 Å². The van der Waals surface area contributed by atoms with E-state index in [1.807, 2.05) is 49.8 Å². The zero-order valence-corrected chi connectivity index (χ0v) is 13.1. The van der Waals surface area contributed by atoms with Gasteiger partial charge in [-0.3, -0.25) is 4.68 Å². The molecule has 0 fully saturated rings. The molecule has 0 atom stereocenters. The highest BCUT2D eigenvalue weighted by Gasteiger charge is 2.11. The maximum atomic E-state index is 5.85. The summed E-state index contributed by atoms with van der Waals surface area (Å²) in [5.41, 5.74) is 3.08. The molecule has 110 valence electrons. The summed E-state index contributed by atoms with van der Waals surface area (Å²) in [5, 5.41) is 4.20. The number of nitrogens with zero attached hydrogens (tertiary/aromatic N) is 3. The van der Waals surface area contributed by atoms with Crippen LogP contribution in [0.25, 0.3) is 11.0 Å². The Labute approximate surface area is 128 Å². The fourth-order valence-corrected chi connectivity index (χ4v) is 2.65. The number of imidazole rings is 1. The fraction of sp³-hybridized carbons (Fsp3) is 0.333. The minimum Gasteiger partial charge on any atom is -0.489 e. The quantitative estimate of drug-likeness (QED) is 0.752. The first-order chi connectivity index (χ1) is 10.1. The number of benzene rings is 1. The fourth-order valence-electron chi connectivity index (χ4n) is 2.38. The van der Waals surface area contributed by atoms with Crippen molar-refractivity contribution in [2.24, 2.45) is 7.05 Å². The largest absolute Gasteiger partial charge is 0.489 e. The van der Waals surface area contributed by atoms with E-state index in [2.05, 4.69) is 14.6 Å². The van der Waals surface area contributed by atoms with E-state index in [4.69, 9.17) is 17.0 Å². The van der Waals surface area contributed by atoms with E-state index in [-0.39, 0.29) is 6.10 Å². The van der Waals surface area contributed by atoms with Crippen LogP contribution in [0.5, 0.6) is 5.75 Å². The van der Waals surface area contributed by atoms with E-state index in [0.29, 0.717) is 11.3 Å². The standard InChI is InChI=1S/C15H18N4OS/c1-10(2)20-13-6-4-5-12-14(13)17-15(21)19(12)9-11-7-8-16-18(11)3/h4-8,10H,9H2,1-3H3,(H,17,21). The summed E-state index contributed by atoms with van der Waals surface area (Å²) in [7, 11) is 1.93. The van der Waals surface area contributed by atoms with Gasteiger partial charge in [0.1, 0.15) is 11.3 Å². The molecule has 0 amide bonds. The molecule has 2 heterocycles. The van der Waals surface area contributed by atoms with Gasteiger partial charge in [-0.05, 0) is 44.3 Å². The first-order valence-electron chi connectivity index (χ1n) is 6.91. The molecule has 0 radical (unpaired) electrons. The molecule has 0 aliphatic heterocycles. The molecule has 21 heavy (non-hydrogen) atoms. The summed E-state index contributed by atoms with van der Waals surface area (Å²) in [4.78, 5) is 3.26. The van der Waals surface area contributed by atoms with Crippen molar-refractivity contribution < 1.29 is 4.74 Å². The van der Waals surface area contributed by atoms with E-state index in [1.54, 1.807) is 6.20 Å². The highest BCUT2D eigenvalue weighted by Crippen LogP contribution is 2.26. The number of aromatic amines is 1. The lowest BCUT2D eigenvalue weighted by atomic mass is 10.3. The third-order valence-corrected chi connectivity index (χ3v) is 3.70. The number of nitrogens with one attached hydrogen (secondary N) is 1. The molecule has 1 aromatic carbocycles. The highest BCUT2D eigenvalue weighted by molar-refractivity contribution is 7.71. The summed E-state index contributed by atoms with van der Waals surface area (Å²) in [6.07, 6.45) is 1.92. The number of hydrogen-bond acceptors (Lipinski definition) is 3. The number of H-pyrrole nitrogens is 1. The number of rotatable bonds is 4. The van der Waals surface area contributed by atoms with E-state index in [9.17, 15) is 0 Å². The van der Waals surface area contributed by atoms with Gasteiger partial charge in [0, 0.05) is 13.2 Å². The van der Waals surface area contributed by atoms with Crippen LogP contribution in [0, 0.1) is 4.77 Å². The van der Waals surface area contributed by atoms with Gasteiger partial charge in [0.05, 0.1) is 23.9 Å². The van der Waals surface area contributed by atoms with Crippen molar-refractivity contribution >= 4 is 23.3 Å². The molecule has 0 bridgehead atoms. The van der Waals surface area contributed by atoms with Gasteiger partial charge in [0.25, 0.3) is 0 Å². The van der Waals surface area contributed by atoms with Crippen LogP contribution in [0.2, 0.25) is 0 Å². The maximum absolute atomic E-state index is 5.85. The summed E-state index contributed by atoms with van der Waals surface area (Å²) in [6.45, 7) is 4.71. The van der Waals surface area contributed by atoms with E-state index < -0.39 is 0 Å². The smallest absolute Gasteiger partial charge is 0.178 e. The van der Waals surface area contributed by atoms with Crippen LogP contribution in [0.1, 0.15) is 19.5 Å². The van der Waals surface area contributed by atoms with Gasteiger partial charge in [0.2, 0.25) is 0 Å². The Hall–Kier alpha value is -2.08. The summed E-state index contributed by atoms with van der Waals surface area (Å²) >= 11 is 5.46. The first kappa shape index (κ1) is 13.9. The van der Waals surface area contributed by atoms with Gasteiger partial charge in [-0.1, -0.05) is 6.07 Å². The topological polar surface area (TPSA) is 47.8 Å². The maximum Gasteiger partial charge on any atom is 0.178 e. The summed E-state index contributed by atoms with van der Waals surface area (Å²) in [5.74, 6) is 0.831. The number of para-hydroxylation sites is 1. The third kappa shape index (κ3) is 2.58. The van der Waals surface area contributed by atoms with Crippen molar-refractivity contribution in [1.29, 1.82) is 0 Å².